The molecule has 3 aromatic rings. The van der Waals surface area contributed by atoms with Crippen LogP contribution < -0.4 is 5.32 Å². The summed E-state index contributed by atoms with van der Waals surface area (Å²) in [6.07, 6.45) is -7.65. The number of benzene rings is 2. The Labute approximate surface area is 252 Å². The highest BCUT2D eigenvalue weighted by Crippen LogP contribution is 2.44. The number of carbonyl (C=O) groups excluding carboxylic acids is 1. The minimum absolute atomic E-state index is 0.0122. The minimum atomic E-state index is -5.05. The van der Waals surface area contributed by atoms with E-state index in [0.717, 1.165) is 23.2 Å². The second-order valence-electron chi connectivity index (χ2n) is 11.5. The molecule has 2 aliphatic rings. The van der Waals surface area contributed by atoms with Gasteiger partial charge >= 0.3 is 18.3 Å². The van der Waals surface area contributed by atoms with Crippen molar-refractivity contribution >= 4 is 11.9 Å². The van der Waals surface area contributed by atoms with Crippen molar-refractivity contribution in [2.24, 2.45) is 0 Å². The van der Waals surface area contributed by atoms with E-state index in [-0.39, 0.29) is 42.5 Å². The molecule has 2 N–H and O–H groups in total. The number of likely N-dealkylation sites (tertiary alicyclic amines) is 1. The van der Waals surface area contributed by atoms with E-state index in [1.165, 1.54) is 12.1 Å². The first kappa shape index (κ1) is 32.3. The SMILES string of the molecule is O=C(O)Cn1nnc(C2(C(=O)NCc3cc(C(F)(F)F)cc(C(F)(F)F)c3)CCC(N3CCC(c4ccc(F)cc4)CC3)C2)n1. The third-order valence-corrected chi connectivity index (χ3v) is 8.57. The number of aliphatic carboxylic acids is 1. The van der Waals surface area contributed by atoms with Crippen molar-refractivity contribution in [1.29, 1.82) is 0 Å². The Morgan fingerprint density at radius 3 is 2.16 bits per heavy atom. The van der Waals surface area contributed by atoms with E-state index in [1.807, 2.05) is 0 Å². The molecule has 1 aliphatic heterocycles. The lowest BCUT2D eigenvalue weighted by atomic mass is 9.83. The zero-order valence-electron chi connectivity index (χ0n) is 23.7. The van der Waals surface area contributed by atoms with Crippen molar-refractivity contribution in [3.63, 3.8) is 0 Å². The number of carboxylic acid groups (broad SMARTS) is 1. The summed E-state index contributed by atoms with van der Waals surface area (Å²) in [5.74, 6) is -2.14. The predicted molar refractivity (Wildman–Crippen MR) is 143 cm³/mol. The Balaban J connectivity index is 1.35. The smallest absolute Gasteiger partial charge is 0.416 e. The van der Waals surface area contributed by atoms with E-state index in [9.17, 15) is 40.3 Å². The number of hydrogen-bond acceptors (Lipinski definition) is 6. The third-order valence-electron chi connectivity index (χ3n) is 8.57. The normalized spacial score (nSPS) is 21.6. The number of piperidine rings is 1. The lowest BCUT2D eigenvalue weighted by Crippen LogP contribution is -2.46. The van der Waals surface area contributed by atoms with Gasteiger partial charge in [-0.2, -0.15) is 31.1 Å². The van der Waals surface area contributed by atoms with E-state index in [0.29, 0.717) is 31.6 Å². The molecule has 0 bridgehead atoms. The van der Waals surface area contributed by atoms with Gasteiger partial charge in [0.15, 0.2) is 12.4 Å². The summed E-state index contributed by atoms with van der Waals surface area (Å²) < 4.78 is 93.6. The third kappa shape index (κ3) is 7.26. The average molecular weight is 643 g/mol. The van der Waals surface area contributed by atoms with E-state index in [1.54, 1.807) is 12.1 Å². The van der Waals surface area contributed by atoms with Crippen molar-refractivity contribution in [2.45, 2.75) is 74.9 Å². The molecule has 1 saturated heterocycles. The highest BCUT2D eigenvalue weighted by atomic mass is 19.4. The maximum absolute atomic E-state index is 13.8. The molecule has 1 aromatic heterocycles. The number of nitrogens with zero attached hydrogens (tertiary/aromatic N) is 5. The van der Waals surface area contributed by atoms with Crippen molar-refractivity contribution in [1.82, 2.24) is 30.4 Å². The summed E-state index contributed by atoms with van der Waals surface area (Å²) in [6, 6.07) is 7.32. The van der Waals surface area contributed by atoms with Crippen molar-refractivity contribution in [3.05, 3.63) is 76.4 Å². The van der Waals surface area contributed by atoms with E-state index in [4.69, 9.17) is 5.11 Å². The molecular formula is C29H29F7N6O3. The first-order valence-electron chi connectivity index (χ1n) is 14.2. The summed E-state index contributed by atoms with van der Waals surface area (Å²) in [6.45, 7) is 0.0854. The number of hydrogen-bond donors (Lipinski definition) is 2. The fraction of sp³-hybridized carbons (Fsp3) is 0.483. The molecule has 2 aromatic carbocycles. The van der Waals surface area contributed by atoms with Gasteiger partial charge in [-0.25, -0.2) is 4.39 Å². The zero-order chi connectivity index (χ0) is 32.6. The van der Waals surface area contributed by atoms with Gasteiger partial charge in [0.25, 0.3) is 0 Å². The summed E-state index contributed by atoms with van der Waals surface area (Å²) >= 11 is 0. The molecule has 2 unspecified atom stereocenters. The van der Waals surface area contributed by atoms with Gasteiger partial charge in [-0.05, 0) is 97.8 Å². The Morgan fingerprint density at radius 1 is 0.956 bits per heavy atom. The molecule has 2 fully saturated rings. The fourth-order valence-corrected chi connectivity index (χ4v) is 6.27. The largest absolute Gasteiger partial charge is 0.480 e. The molecule has 9 nitrogen and oxygen atoms in total. The summed E-state index contributed by atoms with van der Waals surface area (Å²) in [5.41, 5.74) is -3.83. The minimum Gasteiger partial charge on any atom is -0.480 e. The lowest BCUT2D eigenvalue weighted by Gasteiger charge is -2.37. The maximum Gasteiger partial charge on any atom is 0.416 e. The van der Waals surface area contributed by atoms with Crippen molar-refractivity contribution in [2.75, 3.05) is 13.1 Å². The molecule has 242 valence electrons. The van der Waals surface area contributed by atoms with Gasteiger partial charge in [0.05, 0.1) is 11.1 Å². The fourth-order valence-electron chi connectivity index (χ4n) is 6.27. The Morgan fingerprint density at radius 2 is 1.58 bits per heavy atom. The highest BCUT2D eigenvalue weighted by Gasteiger charge is 2.51. The molecule has 2 heterocycles. The molecule has 0 radical (unpaired) electrons. The molecular weight excluding hydrogens is 613 g/mol. The van der Waals surface area contributed by atoms with Crippen LogP contribution in [0.5, 0.6) is 0 Å². The predicted octanol–water partition coefficient (Wildman–Crippen LogP) is 4.92. The number of carboxylic acids is 1. The Kier molecular flexibility index (Phi) is 8.88. The van der Waals surface area contributed by atoms with Gasteiger partial charge in [-0.3, -0.25) is 9.59 Å². The number of nitrogens with one attached hydrogen (secondary N) is 1. The van der Waals surface area contributed by atoms with Gasteiger partial charge in [0.1, 0.15) is 11.2 Å². The van der Waals surface area contributed by atoms with E-state index >= 15 is 0 Å². The number of aromatic nitrogens is 4. The maximum atomic E-state index is 13.8. The highest BCUT2D eigenvalue weighted by molar-refractivity contribution is 5.87. The van der Waals surface area contributed by atoms with Crippen LogP contribution in [0.25, 0.3) is 0 Å². The van der Waals surface area contributed by atoms with Crippen molar-refractivity contribution < 1.29 is 45.4 Å². The van der Waals surface area contributed by atoms with Crippen LogP contribution in [-0.4, -0.2) is 61.2 Å². The number of alkyl halides is 6. The van der Waals surface area contributed by atoms with Crippen LogP contribution >= 0.6 is 0 Å². The molecule has 45 heavy (non-hydrogen) atoms. The zero-order valence-corrected chi connectivity index (χ0v) is 23.7. The number of rotatable bonds is 8. The van der Waals surface area contributed by atoms with Crippen molar-refractivity contribution in [3.8, 4) is 0 Å². The molecule has 2 atom stereocenters. The van der Waals surface area contributed by atoms with Crippen LogP contribution in [0.1, 0.15) is 66.1 Å². The van der Waals surface area contributed by atoms with E-state index in [2.05, 4.69) is 25.6 Å². The first-order chi connectivity index (χ1) is 21.1. The Bertz CT molecular complexity index is 1500. The first-order valence-corrected chi connectivity index (χ1v) is 14.2. The molecule has 1 amide bonds. The number of carbonyl (C=O) groups is 2. The number of halogens is 7. The van der Waals surface area contributed by atoms with Gasteiger partial charge < -0.3 is 15.3 Å². The topological polar surface area (TPSA) is 113 Å². The average Bonchev–Trinajstić information content (AvgIpc) is 3.64. The van der Waals surface area contributed by atoms with Crippen LogP contribution in [0.4, 0.5) is 30.7 Å². The van der Waals surface area contributed by atoms with Crippen LogP contribution in [0.15, 0.2) is 42.5 Å². The van der Waals surface area contributed by atoms with Gasteiger partial charge in [-0.1, -0.05) is 12.1 Å². The van der Waals surface area contributed by atoms with Gasteiger partial charge in [0.2, 0.25) is 5.91 Å². The summed E-state index contributed by atoms with van der Waals surface area (Å²) in [4.78, 5) is 28.0. The molecule has 1 saturated carbocycles. The van der Waals surface area contributed by atoms with Crippen LogP contribution in [0, 0.1) is 5.82 Å². The lowest BCUT2D eigenvalue weighted by molar-refractivity contribution is -0.143. The summed E-state index contributed by atoms with van der Waals surface area (Å²) in [5, 5.41) is 23.4. The standard InChI is InChI=1S/C29H29F7N6O3/c30-22-3-1-18(2-4-22)19-6-9-41(10-7-19)23-5-8-27(14-23,25-38-40-42(39-25)16-24(43)44)26(45)37-15-17-11-20(28(31,32)33)13-21(12-17)29(34,35)36/h1-4,11-13,19,23H,5-10,14-16H2,(H,37,45)(H,43,44). The van der Waals surface area contributed by atoms with E-state index < -0.39 is 59.4 Å². The molecule has 0 spiro atoms. The van der Waals surface area contributed by atoms with Crippen LogP contribution in [-0.2, 0) is 40.4 Å². The van der Waals surface area contributed by atoms with Crippen LogP contribution in [0.2, 0.25) is 0 Å². The van der Waals surface area contributed by atoms with Gasteiger partial charge in [-0.15, -0.1) is 10.2 Å². The van der Waals surface area contributed by atoms with Gasteiger partial charge in [0, 0.05) is 12.6 Å². The molecule has 1 aliphatic carbocycles. The molecule has 16 heteroatoms. The summed E-state index contributed by atoms with van der Waals surface area (Å²) in [7, 11) is 0. The number of tetrazole rings is 1. The second-order valence-corrected chi connectivity index (χ2v) is 11.5. The second kappa shape index (κ2) is 12.4. The monoisotopic (exact) mass is 642 g/mol. The van der Waals surface area contributed by atoms with Crippen LogP contribution in [0.3, 0.4) is 0 Å². The quantitative estimate of drug-likeness (QED) is 0.336. The Hall–Kier alpha value is -4.08. The number of amides is 1. The molecule has 5 rings (SSSR count).